The number of pyridine rings is 1. The van der Waals surface area contributed by atoms with Crippen LogP contribution in [0.15, 0.2) is 59.5 Å². The average molecular weight is 427 g/mol. The fraction of sp³-hybridized carbons (Fsp3) is 0.273. The second-order valence-corrected chi connectivity index (χ2v) is 9.09. The number of anilines is 1. The van der Waals surface area contributed by atoms with Gasteiger partial charge in [0.1, 0.15) is 5.69 Å². The zero-order valence-corrected chi connectivity index (χ0v) is 18.2. The molecular weight excluding hydrogens is 400 g/mol. The molecule has 0 saturated heterocycles. The van der Waals surface area contributed by atoms with Gasteiger partial charge in [-0.15, -0.1) is 0 Å². The zero-order chi connectivity index (χ0) is 21.7. The van der Waals surface area contributed by atoms with Crippen LogP contribution in [0.4, 0.5) is 5.69 Å². The first kappa shape index (κ1) is 21.7. The molecular formula is C22H26N4O3S. The molecule has 0 atom stereocenters. The minimum atomic E-state index is -3.78. The van der Waals surface area contributed by atoms with Gasteiger partial charge in [0.25, 0.3) is 15.9 Å². The first-order valence-corrected chi connectivity index (χ1v) is 11.2. The van der Waals surface area contributed by atoms with Crippen LogP contribution in [-0.2, 0) is 10.0 Å². The van der Waals surface area contributed by atoms with Crippen molar-refractivity contribution < 1.29 is 13.2 Å². The van der Waals surface area contributed by atoms with Gasteiger partial charge in [0.05, 0.1) is 16.1 Å². The molecule has 0 aliphatic rings. The molecule has 8 heteroatoms. The summed E-state index contributed by atoms with van der Waals surface area (Å²) in [7, 11) is 0.181. The standard InChI is InChI=1S/C22H26N4O3S/c1-16-8-11-18(12-9-16)30(28,29)25-19-7-4-6-17-10-13-20(24-21(17)19)22(27)23-14-5-15-26(2)3/h4,6-13,25H,5,14-15H2,1-3H3,(H,23,27). The SMILES string of the molecule is Cc1ccc(S(=O)(=O)Nc2cccc3ccc(C(=O)NCCCN(C)C)nc23)cc1. The van der Waals surface area contributed by atoms with Gasteiger partial charge in [-0.2, -0.15) is 0 Å². The van der Waals surface area contributed by atoms with Gasteiger partial charge in [-0.3, -0.25) is 9.52 Å². The van der Waals surface area contributed by atoms with Crippen LogP contribution in [0.3, 0.4) is 0 Å². The number of fused-ring (bicyclic) bond motifs is 1. The Kier molecular flexibility index (Phi) is 6.69. The molecule has 0 fully saturated rings. The second kappa shape index (κ2) is 9.23. The maximum absolute atomic E-state index is 12.8. The van der Waals surface area contributed by atoms with E-state index in [-0.39, 0.29) is 16.5 Å². The number of benzene rings is 2. The molecule has 0 unspecified atom stereocenters. The van der Waals surface area contributed by atoms with E-state index in [0.29, 0.717) is 17.7 Å². The molecule has 0 saturated carbocycles. The highest BCUT2D eigenvalue weighted by Gasteiger charge is 2.17. The molecule has 30 heavy (non-hydrogen) atoms. The number of aromatic nitrogens is 1. The van der Waals surface area contributed by atoms with Crippen LogP contribution >= 0.6 is 0 Å². The van der Waals surface area contributed by atoms with E-state index in [1.165, 1.54) is 0 Å². The maximum atomic E-state index is 12.8. The number of hydrogen-bond acceptors (Lipinski definition) is 5. The zero-order valence-electron chi connectivity index (χ0n) is 17.3. The molecule has 2 aromatic carbocycles. The summed E-state index contributed by atoms with van der Waals surface area (Å²) < 4.78 is 28.2. The average Bonchev–Trinajstić information content (AvgIpc) is 2.71. The Hall–Kier alpha value is -2.97. The summed E-state index contributed by atoms with van der Waals surface area (Å²) in [5.74, 6) is -0.285. The van der Waals surface area contributed by atoms with Crippen molar-refractivity contribution in [3.63, 3.8) is 0 Å². The van der Waals surface area contributed by atoms with Crippen molar-refractivity contribution >= 4 is 32.5 Å². The Bertz CT molecular complexity index is 1140. The quantitative estimate of drug-likeness (QED) is 0.540. The minimum absolute atomic E-state index is 0.167. The number of aryl methyl sites for hydroxylation is 1. The number of carbonyl (C=O) groups is 1. The first-order chi connectivity index (χ1) is 14.3. The molecule has 3 aromatic rings. The molecule has 0 bridgehead atoms. The summed E-state index contributed by atoms with van der Waals surface area (Å²) in [4.78, 5) is 19.1. The van der Waals surface area contributed by atoms with E-state index < -0.39 is 10.0 Å². The molecule has 2 N–H and O–H groups in total. The van der Waals surface area contributed by atoms with Gasteiger partial charge in [-0.25, -0.2) is 13.4 Å². The van der Waals surface area contributed by atoms with Crippen LogP contribution in [0.5, 0.6) is 0 Å². The number of nitrogens with zero attached hydrogens (tertiary/aromatic N) is 2. The van der Waals surface area contributed by atoms with Crippen molar-refractivity contribution in [2.75, 3.05) is 31.9 Å². The van der Waals surface area contributed by atoms with Crippen LogP contribution in [0.2, 0.25) is 0 Å². The lowest BCUT2D eigenvalue weighted by atomic mass is 10.1. The van der Waals surface area contributed by atoms with Crippen LogP contribution < -0.4 is 10.0 Å². The van der Waals surface area contributed by atoms with Crippen LogP contribution in [0.1, 0.15) is 22.5 Å². The minimum Gasteiger partial charge on any atom is -0.351 e. The molecule has 1 amide bonds. The number of amides is 1. The third-order valence-electron chi connectivity index (χ3n) is 4.60. The summed E-state index contributed by atoms with van der Waals surface area (Å²) in [6.45, 7) is 3.31. The van der Waals surface area contributed by atoms with Crippen molar-refractivity contribution in [3.8, 4) is 0 Å². The van der Waals surface area contributed by atoms with Crippen LogP contribution in [0.25, 0.3) is 10.9 Å². The lowest BCUT2D eigenvalue weighted by Crippen LogP contribution is -2.27. The van der Waals surface area contributed by atoms with Crippen molar-refractivity contribution in [2.24, 2.45) is 0 Å². The molecule has 0 radical (unpaired) electrons. The second-order valence-electron chi connectivity index (χ2n) is 7.41. The molecule has 3 rings (SSSR count). The van der Waals surface area contributed by atoms with Crippen molar-refractivity contribution in [2.45, 2.75) is 18.2 Å². The molecule has 0 spiro atoms. The predicted octanol–water partition coefficient (Wildman–Crippen LogP) is 3.03. The topological polar surface area (TPSA) is 91.4 Å². The highest BCUT2D eigenvalue weighted by molar-refractivity contribution is 7.92. The van der Waals surface area contributed by atoms with Crippen LogP contribution in [0, 0.1) is 6.92 Å². The monoisotopic (exact) mass is 426 g/mol. The van der Waals surface area contributed by atoms with Crippen molar-refractivity contribution in [3.05, 3.63) is 65.9 Å². The van der Waals surface area contributed by atoms with E-state index in [0.717, 1.165) is 23.9 Å². The van der Waals surface area contributed by atoms with Gasteiger partial charge < -0.3 is 10.2 Å². The number of para-hydroxylation sites is 1. The van der Waals surface area contributed by atoms with Crippen molar-refractivity contribution in [1.29, 1.82) is 0 Å². The third-order valence-corrected chi connectivity index (χ3v) is 5.98. The van der Waals surface area contributed by atoms with E-state index in [9.17, 15) is 13.2 Å². The number of rotatable bonds is 8. The molecule has 7 nitrogen and oxygen atoms in total. The largest absolute Gasteiger partial charge is 0.351 e. The smallest absolute Gasteiger partial charge is 0.269 e. The van der Waals surface area contributed by atoms with Gasteiger partial charge >= 0.3 is 0 Å². The molecule has 1 aromatic heterocycles. The summed E-state index contributed by atoms with van der Waals surface area (Å²) in [5, 5.41) is 3.59. The highest BCUT2D eigenvalue weighted by Crippen LogP contribution is 2.25. The maximum Gasteiger partial charge on any atom is 0.269 e. The molecule has 158 valence electrons. The number of carbonyl (C=O) groups excluding carboxylic acids is 1. The fourth-order valence-corrected chi connectivity index (χ4v) is 4.03. The van der Waals surface area contributed by atoms with E-state index >= 15 is 0 Å². The number of sulfonamides is 1. The molecule has 0 aliphatic carbocycles. The predicted molar refractivity (Wildman–Crippen MR) is 119 cm³/mol. The van der Waals surface area contributed by atoms with Gasteiger partial charge in [0.2, 0.25) is 0 Å². The Labute approximate surface area is 177 Å². The Morgan fingerprint density at radius 1 is 1.03 bits per heavy atom. The molecule has 1 heterocycles. The fourth-order valence-electron chi connectivity index (χ4n) is 2.96. The Morgan fingerprint density at radius 3 is 2.47 bits per heavy atom. The Morgan fingerprint density at radius 2 is 1.77 bits per heavy atom. The van der Waals surface area contributed by atoms with E-state index in [1.54, 1.807) is 48.5 Å². The third kappa shape index (κ3) is 5.34. The summed E-state index contributed by atoms with van der Waals surface area (Å²) >= 11 is 0. The van der Waals surface area contributed by atoms with Crippen LogP contribution in [-0.4, -0.2) is 51.4 Å². The number of nitrogens with one attached hydrogen (secondary N) is 2. The van der Waals surface area contributed by atoms with Gasteiger partial charge in [0, 0.05) is 11.9 Å². The summed E-state index contributed by atoms with van der Waals surface area (Å²) in [6.07, 6.45) is 0.827. The van der Waals surface area contributed by atoms with E-state index in [2.05, 4.69) is 15.0 Å². The Balaban J connectivity index is 1.84. The van der Waals surface area contributed by atoms with Gasteiger partial charge in [-0.1, -0.05) is 35.9 Å². The van der Waals surface area contributed by atoms with E-state index in [4.69, 9.17) is 0 Å². The van der Waals surface area contributed by atoms with Gasteiger partial charge in [0.15, 0.2) is 0 Å². The molecule has 0 aliphatic heterocycles. The van der Waals surface area contributed by atoms with E-state index in [1.807, 2.05) is 32.0 Å². The highest BCUT2D eigenvalue weighted by atomic mass is 32.2. The number of hydrogen-bond donors (Lipinski definition) is 2. The van der Waals surface area contributed by atoms with Gasteiger partial charge in [-0.05, 0) is 58.3 Å². The first-order valence-electron chi connectivity index (χ1n) is 9.68. The van der Waals surface area contributed by atoms with Crippen molar-refractivity contribution in [1.82, 2.24) is 15.2 Å². The summed E-state index contributed by atoms with van der Waals surface area (Å²) in [6, 6.07) is 15.2. The lowest BCUT2D eigenvalue weighted by molar-refractivity contribution is 0.0947. The normalized spacial score (nSPS) is 11.6. The lowest BCUT2D eigenvalue weighted by Gasteiger charge is -2.12. The summed E-state index contributed by atoms with van der Waals surface area (Å²) in [5.41, 5.74) is 1.97.